The van der Waals surface area contributed by atoms with Gasteiger partial charge in [0.1, 0.15) is 11.0 Å². The second-order valence-electron chi connectivity index (χ2n) is 3.96. The highest BCUT2D eigenvalue weighted by molar-refractivity contribution is 6.31. The molecule has 6 nitrogen and oxygen atoms in total. The van der Waals surface area contributed by atoms with Gasteiger partial charge in [0.2, 0.25) is 5.76 Å². The number of rotatable bonds is 4. The summed E-state index contributed by atoms with van der Waals surface area (Å²) in [6.07, 6.45) is -0.597. The number of hydrogen-bond acceptors (Lipinski definition) is 5. The highest BCUT2D eigenvalue weighted by atomic mass is 35.5. The van der Waals surface area contributed by atoms with E-state index in [1.807, 2.05) is 0 Å². The van der Waals surface area contributed by atoms with Crippen LogP contribution in [-0.2, 0) is 4.74 Å². The number of hydrogen-bond donors (Lipinski definition) is 0. The van der Waals surface area contributed by atoms with Gasteiger partial charge in [-0.2, -0.15) is 0 Å². The molecule has 0 aliphatic rings. The van der Waals surface area contributed by atoms with E-state index in [0.717, 1.165) is 6.07 Å². The average Bonchev–Trinajstić information content (AvgIpc) is 2.88. The summed E-state index contributed by atoms with van der Waals surface area (Å²) in [7, 11) is 0. The third-order valence-corrected chi connectivity index (χ3v) is 2.94. The Morgan fingerprint density at radius 2 is 2.05 bits per heavy atom. The predicted molar refractivity (Wildman–Crippen MR) is 70.6 cm³/mol. The molecule has 0 amide bonds. The molecule has 0 saturated heterocycles. The van der Waals surface area contributed by atoms with Gasteiger partial charge in [-0.1, -0.05) is 29.8 Å². The normalized spacial score (nSPS) is 11.9. The highest BCUT2D eigenvalue weighted by Gasteiger charge is 2.21. The molecule has 2 rings (SSSR count). The molecule has 0 saturated carbocycles. The van der Waals surface area contributed by atoms with E-state index in [4.69, 9.17) is 20.8 Å². The fraction of sp³-hybridized carbons (Fsp3) is 0.154. The molecule has 104 valence electrons. The largest absolute Gasteiger partial charge is 0.452 e. The summed E-state index contributed by atoms with van der Waals surface area (Å²) in [6.45, 7) is 1.65. The van der Waals surface area contributed by atoms with Crippen molar-refractivity contribution in [3.63, 3.8) is 0 Å². The molecule has 1 heterocycles. The Bertz CT molecular complexity index is 652. The van der Waals surface area contributed by atoms with Crippen molar-refractivity contribution in [3.05, 3.63) is 62.9 Å². The molecule has 0 aliphatic heterocycles. The molecular formula is C13H10ClNO5. The van der Waals surface area contributed by atoms with Crippen molar-refractivity contribution in [1.82, 2.24) is 0 Å². The number of esters is 1. The zero-order valence-electron chi connectivity index (χ0n) is 10.4. The smallest absolute Gasteiger partial charge is 0.433 e. The van der Waals surface area contributed by atoms with E-state index in [2.05, 4.69) is 0 Å². The number of furan rings is 1. The summed E-state index contributed by atoms with van der Waals surface area (Å²) >= 11 is 5.99. The third-order valence-electron chi connectivity index (χ3n) is 2.60. The van der Waals surface area contributed by atoms with Crippen LogP contribution < -0.4 is 0 Å². The monoisotopic (exact) mass is 295 g/mol. The molecule has 2 aromatic rings. The minimum Gasteiger partial charge on any atom is -0.452 e. The Labute approximate surface area is 119 Å². The van der Waals surface area contributed by atoms with Crippen molar-refractivity contribution in [2.75, 3.05) is 0 Å². The Morgan fingerprint density at radius 1 is 1.35 bits per heavy atom. The van der Waals surface area contributed by atoms with E-state index in [-0.39, 0.29) is 5.76 Å². The fourth-order valence-electron chi connectivity index (χ4n) is 1.62. The van der Waals surface area contributed by atoms with Crippen molar-refractivity contribution in [2.45, 2.75) is 13.0 Å². The van der Waals surface area contributed by atoms with Gasteiger partial charge in [-0.25, -0.2) is 4.79 Å². The maximum atomic E-state index is 11.8. The molecule has 0 N–H and O–H groups in total. The van der Waals surface area contributed by atoms with Crippen LogP contribution in [0.15, 0.2) is 40.8 Å². The number of carbonyl (C=O) groups excluding carboxylic acids is 1. The number of carbonyl (C=O) groups is 1. The van der Waals surface area contributed by atoms with Crippen LogP contribution >= 0.6 is 11.6 Å². The first-order valence-corrected chi connectivity index (χ1v) is 6.06. The molecule has 0 spiro atoms. The standard InChI is InChI=1S/C13H10ClNO5/c1-8(9-4-2-3-5-10(9)14)19-13(16)11-6-7-12(20-11)15(17)18/h2-8H,1H3. The topological polar surface area (TPSA) is 82.6 Å². The number of nitrogens with zero attached hydrogens (tertiary/aromatic N) is 1. The Balaban J connectivity index is 2.11. The van der Waals surface area contributed by atoms with Gasteiger partial charge in [-0.3, -0.25) is 10.1 Å². The van der Waals surface area contributed by atoms with E-state index in [1.54, 1.807) is 31.2 Å². The lowest BCUT2D eigenvalue weighted by Crippen LogP contribution is -2.08. The molecule has 7 heteroatoms. The van der Waals surface area contributed by atoms with Crippen LogP contribution in [0.25, 0.3) is 0 Å². The lowest BCUT2D eigenvalue weighted by atomic mass is 10.1. The zero-order chi connectivity index (χ0) is 14.7. The number of nitro groups is 1. The van der Waals surface area contributed by atoms with Crippen molar-refractivity contribution in [1.29, 1.82) is 0 Å². The minimum absolute atomic E-state index is 0.226. The molecule has 1 aromatic carbocycles. The van der Waals surface area contributed by atoms with Crippen LogP contribution in [0, 0.1) is 10.1 Å². The first-order chi connectivity index (χ1) is 9.49. The number of benzene rings is 1. The summed E-state index contributed by atoms with van der Waals surface area (Å²) in [5.41, 5.74) is 0.642. The molecule has 1 aromatic heterocycles. The molecule has 0 bridgehead atoms. The van der Waals surface area contributed by atoms with Crippen LogP contribution in [0.1, 0.15) is 29.1 Å². The Hall–Kier alpha value is -2.34. The van der Waals surface area contributed by atoms with Crippen LogP contribution in [0.4, 0.5) is 5.88 Å². The van der Waals surface area contributed by atoms with Gasteiger partial charge >= 0.3 is 11.9 Å². The SMILES string of the molecule is CC(OC(=O)c1ccc([N+](=O)[O-])o1)c1ccccc1Cl. The zero-order valence-corrected chi connectivity index (χ0v) is 11.2. The fourth-order valence-corrected chi connectivity index (χ4v) is 1.91. The van der Waals surface area contributed by atoms with E-state index in [1.165, 1.54) is 6.07 Å². The quantitative estimate of drug-likeness (QED) is 0.487. The first kappa shape index (κ1) is 14.1. The van der Waals surface area contributed by atoms with Gasteiger partial charge in [0.25, 0.3) is 0 Å². The minimum atomic E-state index is -0.787. The van der Waals surface area contributed by atoms with Crippen molar-refractivity contribution in [2.24, 2.45) is 0 Å². The average molecular weight is 296 g/mol. The second kappa shape index (κ2) is 5.75. The molecule has 0 radical (unpaired) electrons. The highest BCUT2D eigenvalue weighted by Crippen LogP contribution is 2.26. The Morgan fingerprint density at radius 3 is 2.65 bits per heavy atom. The number of halogens is 1. The van der Waals surface area contributed by atoms with E-state index in [9.17, 15) is 14.9 Å². The lowest BCUT2D eigenvalue weighted by Gasteiger charge is -2.13. The first-order valence-electron chi connectivity index (χ1n) is 5.68. The molecule has 0 fully saturated rings. The summed E-state index contributed by atoms with van der Waals surface area (Å²) in [4.78, 5) is 21.5. The van der Waals surface area contributed by atoms with E-state index >= 15 is 0 Å². The number of ether oxygens (including phenoxy) is 1. The van der Waals surface area contributed by atoms with Gasteiger partial charge in [0.05, 0.1) is 6.07 Å². The summed E-state index contributed by atoms with van der Waals surface area (Å²) < 4.78 is 9.92. The lowest BCUT2D eigenvalue weighted by molar-refractivity contribution is -0.402. The van der Waals surface area contributed by atoms with Crippen LogP contribution in [0.3, 0.4) is 0 Å². The van der Waals surface area contributed by atoms with Crippen molar-refractivity contribution >= 4 is 23.5 Å². The Kier molecular flexibility index (Phi) is 4.05. The molecule has 1 atom stereocenters. The van der Waals surface area contributed by atoms with Gasteiger partial charge in [-0.05, 0) is 19.1 Å². The van der Waals surface area contributed by atoms with Crippen LogP contribution in [-0.4, -0.2) is 10.9 Å². The van der Waals surface area contributed by atoms with E-state index < -0.39 is 22.9 Å². The summed E-state index contributed by atoms with van der Waals surface area (Å²) in [5.74, 6) is -1.52. The third kappa shape index (κ3) is 2.97. The second-order valence-corrected chi connectivity index (χ2v) is 4.37. The predicted octanol–water partition coefficient (Wildman–Crippen LogP) is 3.76. The summed E-state index contributed by atoms with van der Waals surface area (Å²) in [5, 5.41) is 10.9. The van der Waals surface area contributed by atoms with Gasteiger partial charge in [0, 0.05) is 10.6 Å². The molecule has 0 aliphatic carbocycles. The summed E-state index contributed by atoms with van der Waals surface area (Å²) in [6, 6.07) is 9.22. The van der Waals surface area contributed by atoms with Crippen LogP contribution in [0.5, 0.6) is 0 Å². The molecule has 20 heavy (non-hydrogen) atoms. The molecular weight excluding hydrogens is 286 g/mol. The van der Waals surface area contributed by atoms with Crippen molar-refractivity contribution < 1.29 is 18.9 Å². The van der Waals surface area contributed by atoms with E-state index in [0.29, 0.717) is 10.6 Å². The van der Waals surface area contributed by atoms with Crippen molar-refractivity contribution in [3.8, 4) is 0 Å². The van der Waals surface area contributed by atoms with Crippen LogP contribution in [0.2, 0.25) is 5.02 Å². The maximum absolute atomic E-state index is 11.8. The van der Waals surface area contributed by atoms with Gasteiger partial charge in [0.15, 0.2) is 0 Å². The molecule has 1 unspecified atom stereocenters. The van der Waals surface area contributed by atoms with Gasteiger partial charge < -0.3 is 9.15 Å². The maximum Gasteiger partial charge on any atom is 0.433 e. The van der Waals surface area contributed by atoms with Gasteiger partial charge in [-0.15, -0.1) is 0 Å².